The van der Waals surface area contributed by atoms with Gasteiger partial charge in [-0.3, -0.25) is 4.90 Å². The first-order valence-corrected chi connectivity index (χ1v) is 10.3. The molecule has 2 atom stereocenters. The Hall–Kier alpha value is -1.07. The Kier molecular flexibility index (Phi) is 10.3. The number of nitrogens with zero attached hydrogens (tertiary/aromatic N) is 1. The van der Waals surface area contributed by atoms with E-state index in [1.165, 1.54) is 12.1 Å². The van der Waals surface area contributed by atoms with E-state index >= 15 is 0 Å². The standard InChI is InChI=1S/C17H32N4O4S/c1-14(22)11-19-7-9-21(13-15(2)23)10-8-20-12-16-3-5-17(6-4-16)26(18,24)25/h3-6,14-15,19-20,22-23H,7-13H2,1-2H3,(H2,18,24,25)/t14-,15-/m0/s1. The smallest absolute Gasteiger partial charge is 0.238 e. The van der Waals surface area contributed by atoms with Gasteiger partial charge in [-0.1, -0.05) is 12.1 Å². The van der Waals surface area contributed by atoms with E-state index in [9.17, 15) is 18.6 Å². The maximum atomic E-state index is 11.2. The van der Waals surface area contributed by atoms with E-state index in [2.05, 4.69) is 15.5 Å². The van der Waals surface area contributed by atoms with Gasteiger partial charge in [0.15, 0.2) is 0 Å². The quantitative estimate of drug-likeness (QED) is 0.276. The van der Waals surface area contributed by atoms with Crippen molar-refractivity contribution in [1.82, 2.24) is 15.5 Å². The number of primary sulfonamides is 1. The number of rotatable bonds is 13. The zero-order valence-electron chi connectivity index (χ0n) is 15.6. The molecule has 1 aromatic carbocycles. The summed E-state index contributed by atoms with van der Waals surface area (Å²) in [6, 6.07) is 6.47. The monoisotopic (exact) mass is 388 g/mol. The molecule has 0 unspecified atom stereocenters. The van der Waals surface area contributed by atoms with E-state index in [0.29, 0.717) is 19.6 Å². The summed E-state index contributed by atoms with van der Waals surface area (Å²) in [5.41, 5.74) is 0.970. The van der Waals surface area contributed by atoms with Gasteiger partial charge in [0.25, 0.3) is 0 Å². The van der Waals surface area contributed by atoms with Gasteiger partial charge in [0.1, 0.15) is 0 Å². The Labute approximate surface area is 156 Å². The van der Waals surface area contributed by atoms with Crippen molar-refractivity contribution in [2.45, 2.75) is 37.5 Å². The van der Waals surface area contributed by atoms with Gasteiger partial charge >= 0.3 is 0 Å². The molecule has 0 bridgehead atoms. The SMILES string of the molecule is C[C@H](O)CNCCN(CCNCc1ccc(S(N)(=O)=O)cc1)C[C@H](C)O. The summed E-state index contributed by atoms with van der Waals surface area (Å²) in [5.74, 6) is 0. The Morgan fingerprint density at radius 3 is 2.12 bits per heavy atom. The van der Waals surface area contributed by atoms with Crippen molar-refractivity contribution in [3.63, 3.8) is 0 Å². The van der Waals surface area contributed by atoms with Crippen molar-refractivity contribution in [2.75, 3.05) is 39.3 Å². The van der Waals surface area contributed by atoms with Gasteiger partial charge in [-0.15, -0.1) is 0 Å². The normalized spacial score (nSPS) is 14.5. The Morgan fingerprint density at radius 1 is 1.04 bits per heavy atom. The van der Waals surface area contributed by atoms with Crippen LogP contribution in [0.4, 0.5) is 0 Å². The third kappa shape index (κ3) is 10.2. The molecule has 1 aromatic rings. The second kappa shape index (κ2) is 11.6. The van der Waals surface area contributed by atoms with Crippen LogP contribution in [0.5, 0.6) is 0 Å². The van der Waals surface area contributed by atoms with Crippen LogP contribution in [0, 0.1) is 0 Å². The third-order valence-corrected chi connectivity index (χ3v) is 4.68. The number of benzene rings is 1. The minimum atomic E-state index is -3.66. The Bertz CT molecular complexity index is 606. The Balaban J connectivity index is 2.34. The molecule has 0 radical (unpaired) electrons. The zero-order chi connectivity index (χ0) is 19.6. The average Bonchev–Trinajstić information content (AvgIpc) is 2.54. The van der Waals surface area contributed by atoms with Gasteiger partial charge in [0.2, 0.25) is 10.0 Å². The predicted octanol–water partition coefficient (Wildman–Crippen LogP) is -0.923. The van der Waals surface area contributed by atoms with Crippen LogP contribution in [-0.2, 0) is 16.6 Å². The van der Waals surface area contributed by atoms with E-state index in [4.69, 9.17) is 5.14 Å². The zero-order valence-corrected chi connectivity index (χ0v) is 16.4. The van der Waals surface area contributed by atoms with Crippen molar-refractivity contribution < 1.29 is 18.6 Å². The minimum Gasteiger partial charge on any atom is -0.392 e. The first-order valence-electron chi connectivity index (χ1n) is 8.80. The van der Waals surface area contributed by atoms with Crippen LogP contribution in [0.2, 0.25) is 0 Å². The molecule has 0 aliphatic carbocycles. The highest BCUT2D eigenvalue weighted by Gasteiger charge is 2.09. The molecule has 26 heavy (non-hydrogen) atoms. The number of aliphatic hydroxyl groups is 2. The number of nitrogens with two attached hydrogens (primary N) is 1. The highest BCUT2D eigenvalue weighted by atomic mass is 32.2. The second-order valence-corrected chi connectivity index (χ2v) is 8.13. The van der Waals surface area contributed by atoms with Crippen LogP contribution in [0.15, 0.2) is 29.2 Å². The molecular formula is C17H32N4O4S. The first kappa shape index (κ1) is 23.0. The fraction of sp³-hybridized carbons (Fsp3) is 0.647. The molecule has 0 aromatic heterocycles. The summed E-state index contributed by atoms with van der Waals surface area (Å²) in [6.07, 6.45) is -0.778. The maximum absolute atomic E-state index is 11.2. The molecule has 0 saturated carbocycles. The molecule has 0 saturated heterocycles. The summed E-state index contributed by atoms with van der Waals surface area (Å²) in [7, 11) is -3.66. The number of hydrogen-bond donors (Lipinski definition) is 5. The number of hydrogen-bond acceptors (Lipinski definition) is 7. The second-order valence-electron chi connectivity index (χ2n) is 6.57. The van der Waals surface area contributed by atoms with Crippen LogP contribution in [0.3, 0.4) is 0 Å². The largest absolute Gasteiger partial charge is 0.392 e. The molecule has 0 aliphatic heterocycles. The average molecular weight is 389 g/mol. The lowest BCUT2D eigenvalue weighted by Gasteiger charge is -2.24. The molecule has 0 aliphatic rings. The van der Waals surface area contributed by atoms with Crippen molar-refractivity contribution >= 4 is 10.0 Å². The molecular weight excluding hydrogens is 356 g/mol. The van der Waals surface area contributed by atoms with Gasteiger partial charge in [-0.25, -0.2) is 13.6 Å². The number of nitrogens with one attached hydrogen (secondary N) is 2. The van der Waals surface area contributed by atoms with Gasteiger partial charge in [0, 0.05) is 45.8 Å². The summed E-state index contributed by atoms with van der Waals surface area (Å²) >= 11 is 0. The Morgan fingerprint density at radius 2 is 1.62 bits per heavy atom. The minimum absolute atomic E-state index is 0.106. The molecule has 0 heterocycles. The van der Waals surface area contributed by atoms with Gasteiger partial charge in [-0.2, -0.15) is 0 Å². The van der Waals surface area contributed by atoms with Crippen LogP contribution < -0.4 is 15.8 Å². The summed E-state index contributed by atoms with van der Waals surface area (Å²) in [4.78, 5) is 2.26. The molecule has 0 fully saturated rings. The van der Waals surface area contributed by atoms with Crippen LogP contribution in [-0.4, -0.2) is 75.0 Å². The summed E-state index contributed by atoms with van der Waals surface area (Å²) in [6.45, 7) is 8.28. The topological polar surface area (TPSA) is 128 Å². The van der Waals surface area contributed by atoms with Gasteiger partial charge in [-0.05, 0) is 31.5 Å². The number of sulfonamides is 1. The summed E-state index contributed by atoms with van der Waals surface area (Å²) in [5, 5.41) is 30.4. The maximum Gasteiger partial charge on any atom is 0.238 e. The first-order chi connectivity index (χ1) is 12.2. The highest BCUT2D eigenvalue weighted by molar-refractivity contribution is 7.89. The molecule has 6 N–H and O–H groups in total. The van der Waals surface area contributed by atoms with Crippen LogP contribution in [0.1, 0.15) is 19.4 Å². The van der Waals surface area contributed by atoms with E-state index < -0.39 is 16.1 Å². The fourth-order valence-electron chi connectivity index (χ4n) is 2.48. The van der Waals surface area contributed by atoms with E-state index in [0.717, 1.165) is 31.7 Å². The van der Waals surface area contributed by atoms with Crippen molar-refractivity contribution in [3.05, 3.63) is 29.8 Å². The third-order valence-electron chi connectivity index (χ3n) is 3.75. The van der Waals surface area contributed by atoms with Crippen LogP contribution in [0.25, 0.3) is 0 Å². The molecule has 0 spiro atoms. The lowest BCUT2D eigenvalue weighted by Crippen LogP contribution is -2.41. The predicted molar refractivity (Wildman–Crippen MR) is 102 cm³/mol. The highest BCUT2D eigenvalue weighted by Crippen LogP contribution is 2.08. The molecule has 0 amide bonds. The van der Waals surface area contributed by atoms with Crippen molar-refractivity contribution in [3.8, 4) is 0 Å². The van der Waals surface area contributed by atoms with E-state index in [-0.39, 0.29) is 11.0 Å². The van der Waals surface area contributed by atoms with E-state index in [1.54, 1.807) is 26.0 Å². The molecule has 1 rings (SSSR count). The van der Waals surface area contributed by atoms with Crippen LogP contribution >= 0.6 is 0 Å². The van der Waals surface area contributed by atoms with Gasteiger partial charge in [0.05, 0.1) is 17.1 Å². The number of aliphatic hydroxyl groups excluding tert-OH is 2. The lowest BCUT2D eigenvalue weighted by atomic mass is 10.2. The molecule has 8 nitrogen and oxygen atoms in total. The van der Waals surface area contributed by atoms with Crippen molar-refractivity contribution in [1.29, 1.82) is 0 Å². The summed E-state index contributed by atoms with van der Waals surface area (Å²) < 4.78 is 22.5. The van der Waals surface area contributed by atoms with Crippen molar-refractivity contribution in [2.24, 2.45) is 5.14 Å². The lowest BCUT2D eigenvalue weighted by molar-refractivity contribution is 0.125. The molecule has 9 heteroatoms. The van der Waals surface area contributed by atoms with E-state index in [1.807, 2.05) is 0 Å². The van der Waals surface area contributed by atoms with Gasteiger partial charge < -0.3 is 20.8 Å². The fourth-order valence-corrected chi connectivity index (χ4v) is 3.00. The molecule has 150 valence electrons.